The predicted octanol–water partition coefficient (Wildman–Crippen LogP) is 1.24. The monoisotopic (exact) mass is 190 g/mol. The lowest BCUT2D eigenvalue weighted by molar-refractivity contribution is -0.142. The van der Waals surface area contributed by atoms with E-state index in [4.69, 9.17) is 5.41 Å². The average molecular weight is 190 g/mol. The molecule has 0 saturated carbocycles. The summed E-state index contributed by atoms with van der Waals surface area (Å²) in [6.07, 6.45) is 2.92. The fourth-order valence-corrected chi connectivity index (χ4v) is 0.547. The van der Waals surface area contributed by atoms with Crippen molar-refractivity contribution in [3.63, 3.8) is 0 Å². The zero-order valence-electron chi connectivity index (χ0n) is 7.83. The summed E-state index contributed by atoms with van der Waals surface area (Å²) in [5.74, 6) is 3.69. The molecule has 0 bridgehead atoms. The minimum Gasteiger partial charge on any atom is -0.466 e. The van der Waals surface area contributed by atoms with Gasteiger partial charge in [0, 0.05) is 0 Å². The van der Waals surface area contributed by atoms with Gasteiger partial charge in [0.1, 0.15) is 0 Å². The van der Waals surface area contributed by atoms with Crippen LogP contribution in [0.5, 0.6) is 0 Å². The topological polar surface area (TPSA) is 62.5 Å². The Kier molecular flexibility index (Phi) is 7.69. The molecule has 0 aliphatic heterocycles. The Morgan fingerprint density at radius 1 is 1.57 bits per heavy atom. The zero-order chi connectivity index (χ0) is 10.6. The van der Waals surface area contributed by atoms with E-state index in [-0.39, 0.29) is 12.4 Å². The summed E-state index contributed by atoms with van der Waals surface area (Å²) in [6.45, 7) is 2.12. The first-order valence-corrected chi connectivity index (χ1v) is 3.97. The molecule has 0 heterocycles. The van der Waals surface area contributed by atoms with Crippen molar-refractivity contribution in [1.82, 2.24) is 0 Å². The molecule has 72 valence electrons. The molecule has 0 amide bonds. The van der Waals surface area contributed by atoms with Crippen LogP contribution in [0.15, 0.2) is 28.7 Å². The first-order chi connectivity index (χ1) is 6.81. The van der Waals surface area contributed by atoms with Crippen LogP contribution in [0, 0.1) is 5.41 Å². The number of aliphatic imine (C=N–C) groups is 1. The van der Waals surface area contributed by atoms with Crippen LogP contribution in [0.25, 0.3) is 0 Å². The normalized spacial score (nSPS) is 6.93. The second-order valence-corrected chi connectivity index (χ2v) is 2.00. The Bertz CT molecular complexity index is 360. The molecule has 14 heavy (non-hydrogen) atoms. The molecular weight excluding hydrogens is 180 g/mol. The maximum atomic E-state index is 10.8. The highest BCUT2D eigenvalue weighted by molar-refractivity contribution is 5.86. The lowest BCUT2D eigenvalue weighted by Gasteiger charge is -1.94. The third-order valence-corrected chi connectivity index (χ3v) is 1.01. The van der Waals surface area contributed by atoms with E-state index in [0.717, 1.165) is 0 Å². The minimum absolute atomic E-state index is 0.165. The number of hydrogen-bond donors (Lipinski definition) is 1. The molecule has 0 rings (SSSR count). The Labute approximate surface area is 82.1 Å². The Balaban J connectivity index is 4.05. The maximum absolute atomic E-state index is 10.8. The van der Waals surface area contributed by atoms with Gasteiger partial charge in [0.05, 0.1) is 31.0 Å². The molecular formula is C10H10N2O2. The van der Waals surface area contributed by atoms with Crippen molar-refractivity contribution in [1.29, 1.82) is 5.41 Å². The van der Waals surface area contributed by atoms with E-state index in [0.29, 0.717) is 6.61 Å². The summed E-state index contributed by atoms with van der Waals surface area (Å²) in [6, 6.07) is 0. The molecule has 0 fully saturated rings. The summed E-state index contributed by atoms with van der Waals surface area (Å²) in [5.41, 5.74) is 5.11. The van der Waals surface area contributed by atoms with Crippen molar-refractivity contribution < 1.29 is 9.53 Å². The van der Waals surface area contributed by atoms with E-state index in [1.54, 1.807) is 6.92 Å². The van der Waals surface area contributed by atoms with Crippen molar-refractivity contribution >= 4 is 17.7 Å². The molecule has 0 aromatic heterocycles. The summed E-state index contributed by atoms with van der Waals surface area (Å²) in [4.78, 5) is 14.2. The van der Waals surface area contributed by atoms with Crippen LogP contribution in [-0.2, 0) is 9.53 Å². The standard InChI is InChI=1S/C10H10N2O2/c1-2-14-10(13)6-4-3-5-8-12-9-7-11/h4,8,11H,2,6H2,1H3. The predicted molar refractivity (Wildman–Crippen MR) is 52.6 cm³/mol. The number of rotatable bonds is 4. The second kappa shape index (κ2) is 9.02. The Morgan fingerprint density at radius 3 is 3.00 bits per heavy atom. The van der Waals surface area contributed by atoms with Crippen LogP contribution < -0.4 is 0 Å². The molecule has 0 saturated heterocycles. The summed E-state index contributed by atoms with van der Waals surface area (Å²) >= 11 is 0. The zero-order valence-corrected chi connectivity index (χ0v) is 7.83. The fraction of sp³-hybridized carbons (Fsp3) is 0.300. The number of nitrogens with zero attached hydrogens (tertiary/aromatic N) is 1. The van der Waals surface area contributed by atoms with Gasteiger partial charge in [0.2, 0.25) is 0 Å². The van der Waals surface area contributed by atoms with Crippen LogP contribution >= 0.6 is 0 Å². The van der Waals surface area contributed by atoms with Gasteiger partial charge in [-0.15, -0.1) is 0 Å². The molecule has 4 heteroatoms. The molecule has 0 aliphatic carbocycles. The van der Waals surface area contributed by atoms with E-state index in [1.807, 2.05) is 5.87 Å². The van der Waals surface area contributed by atoms with Gasteiger partial charge < -0.3 is 4.74 Å². The summed E-state index contributed by atoms with van der Waals surface area (Å²) in [7, 11) is 0. The van der Waals surface area contributed by atoms with Gasteiger partial charge in [-0.1, -0.05) is 5.73 Å². The van der Waals surface area contributed by atoms with Gasteiger partial charge in [-0.3, -0.25) is 4.79 Å². The van der Waals surface area contributed by atoms with E-state index < -0.39 is 0 Å². The van der Waals surface area contributed by atoms with E-state index in [9.17, 15) is 4.79 Å². The highest BCUT2D eigenvalue weighted by Gasteiger charge is 1.94. The van der Waals surface area contributed by atoms with Crippen LogP contribution in [0.3, 0.4) is 0 Å². The first-order valence-electron chi connectivity index (χ1n) is 3.97. The number of carbonyl (C=O) groups excluding carboxylic acids is 1. The Hall–Kier alpha value is -2.07. The first kappa shape index (κ1) is 11.9. The van der Waals surface area contributed by atoms with Gasteiger partial charge in [-0.25, -0.2) is 5.41 Å². The highest BCUT2D eigenvalue weighted by Crippen LogP contribution is 1.85. The van der Waals surface area contributed by atoms with Gasteiger partial charge in [-0.2, -0.15) is 4.99 Å². The van der Waals surface area contributed by atoms with Crippen molar-refractivity contribution in [2.24, 2.45) is 4.99 Å². The third kappa shape index (κ3) is 8.03. The van der Waals surface area contributed by atoms with Crippen LogP contribution in [0.1, 0.15) is 13.3 Å². The van der Waals surface area contributed by atoms with Gasteiger partial charge in [0.15, 0.2) is 0 Å². The molecule has 0 aromatic rings. The summed E-state index contributed by atoms with van der Waals surface area (Å²) in [5, 5.41) is 6.43. The maximum Gasteiger partial charge on any atom is 0.310 e. The second-order valence-electron chi connectivity index (χ2n) is 2.00. The average Bonchev–Trinajstić information content (AvgIpc) is 2.17. The number of hydrogen-bond acceptors (Lipinski definition) is 4. The quantitative estimate of drug-likeness (QED) is 0.412. The van der Waals surface area contributed by atoms with Crippen LogP contribution in [0.2, 0.25) is 0 Å². The van der Waals surface area contributed by atoms with E-state index >= 15 is 0 Å². The van der Waals surface area contributed by atoms with Gasteiger partial charge in [0.25, 0.3) is 0 Å². The minimum atomic E-state index is -0.301. The lowest BCUT2D eigenvalue weighted by Crippen LogP contribution is -2.00. The van der Waals surface area contributed by atoms with Crippen molar-refractivity contribution in [2.75, 3.05) is 6.61 Å². The largest absolute Gasteiger partial charge is 0.466 e. The van der Waals surface area contributed by atoms with Gasteiger partial charge in [-0.05, 0) is 18.7 Å². The van der Waals surface area contributed by atoms with Crippen molar-refractivity contribution in [2.45, 2.75) is 13.3 Å². The number of carbonyl (C=O) groups is 1. The molecule has 0 unspecified atom stereocenters. The van der Waals surface area contributed by atoms with E-state index in [2.05, 4.69) is 27.1 Å². The molecule has 0 aromatic carbocycles. The molecule has 4 nitrogen and oxygen atoms in total. The highest BCUT2D eigenvalue weighted by atomic mass is 16.5. The molecule has 0 aliphatic rings. The van der Waals surface area contributed by atoms with Gasteiger partial charge >= 0.3 is 5.97 Å². The third-order valence-electron chi connectivity index (χ3n) is 1.01. The molecule has 0 radical (unpaired) electrons. The van der Waals surface area contributed by atoms with E-state index in [1.165, 1.54) is 12.3 Å². The fourth-order valence-electron chi connectivity index (χ4n) is 0.547. The molecule has 0 spiro atoms. The summed E-state index contributed by atoms with van der Waals surface area (Å²) < 4.78 is 4.67. The van der Waals surface area contributed by atoms with Crippen molar-refractivity contribution in [3.05, 3.63) is 23.7 Å². The molecule has 1 N–H and O–H groups in total. The number of esters is 1. The number of ether oxygens (including phenoxy) is 1. The smallest absolute Gasteiger partial charge is 0.310 e. The van der Waals surface area contributed by atoms with Crippen LogP contribution in [0.4, 0.5) is 0 Å². The molecule has 0 atom stereocenters. The Morgan fingerprint density at radius 2 is 2.36 bits per heavy atom. The van der Waals surface area contributed by atoms with Crippen molar-refractivity contribution in [3.8, 4) is 0 Å². The number of nitrogens with one attached hydrogen (secondary N) is 1. The SMILES string of the molecule is CCOC(=O)CC=C=C=CN=C=C=N. The lowest BCUT2D eigenvalue weighted by atomic mass is 10.4. The van der Waals surface area contributed by atoms with Crippen LogP contribution in [-0.4, -0.2) is 24.3 Å².